The van der Waals surface area contributed by atoms with Crippen molar-refractivity contribution in [3.63, 3.8) is 0 Å². The Hall–Kier alpha value is -2.81. The molecule has 2 aromatic heterocycles. The summed E-state index contributed by atoms with van der Waals surface area (Å²) in [5, 5.41) is 12.4. The van der Waals surface area contributed by atoms with Crippen molar-refractivity contribution in [3.8, 4) is 0 Å². The van der Waals surface area contributed by atoms with Crippen LogP contribution in [-0.2, 0) is 16.9 Å². The fourth-order valence-electron chi connectivity index (χ4n) is 2.80. The van der Waals surface area contributed by atoms with Gasteiger partial charge in [-0.2, -0.15) is 13.2 Å². The first kappa shape index (κ1) is 19.0. The van der Waals surface area contributed by atoms with E-state index in [-0.39, 0.29) is 6.54 Å². The number of amides is 1. The molecule has 1 unspecified atom stereocenters. The fraction of sp³-hybridized carbons (Fsp3) is 0.333. The van der Waals surface area contributed by atoms with Crippen LogP contribution < -0.4 is 5.32 Å². The van der Waals surface area contributed by atoms with Crippen LogP contribution >= 0.6 is 0 Å². The lowest BCUT2D eigenvalue weighted by Crippen LogP contribution is -2.46. The van der Waals surface area contributed by atoms with Crippen LogP contribution in [0.4, 0.5) is 13.2 Å². The molecule has 2 N–H and O–H groups in total. The SMILES string of the molecule is O=C(CC(O)(c1ccco1)C(F)(F)F)NCCCn1cnc2ccccc21. The number of carbonyl (C=O) groups is 1. The highest BCUT2D eigenvalue weighted by atomic mass is 19.4. The number of carbonyl (C=O) groups excluding carboxylic acids is 1. The summed E-state index contributed by atoms with van der Waals surface area (Å²) >= 11 is 0. The maximum Gasteiger partial charge on any atom is 0.425 e. The van der Waals surface area contributed by atoms with E-state index in [1.54, 1.807) is 6.33 Å². The number of para-hydroxylation sites is 2. The Morgan fingerprint density at radius 1 is 1.22 bits per heavy atom. The highest BCUT2D eigenvalue weighted by Gasteiger charge is 2.58. The lowest BCUT2D eigenvalue weighted by Gasteiger charge is -2.27. The van der Waals surface area contributed by atoms with Crippen LogP contribution in [0.1, 0.15) is 18.6 Å². The predicted octanol–water partition coefficient (Wildman–Crippen LogP) is 2.98. The Balaban J connectivity index is 1.54. The lowest BCUT2D eigenvalue weighted by molar-refractivity contribution is -0.273. The molecular weight excluding hydrogens is 363 g/mol. The predicted molar refractivity (Wildman–Crippen MR) is 90.6 cm³/mol. The number of hydrogen-bond acceptors (Lipinski definition) is 4. The van der Waals surface area contributed by atoms with Crippen LogP contribution in [0.3, 0.4) is 0 Å². The summed E-state index contributed by atoms with van der Waals surface area (Å²) in [7, 11) is 0. The standard InChI is InChI=1S/C18H18F3N3O3/c19-18(20,21)17(26,15-7-3-10-27-15)11-16(25)22-8-4-9-24-12-23-13-5-1-2-6-14(13)24/h1-3,5-7,10,12,26H,4,8-9,11H2,(H,22,25). The van der Waals surface area contributed by atoms with E-state index >= 15 is 0 Å². The van der Waals surface area contributed by atoms with Gasteiger partial charge in [0, 0.05) is 13.1 Å². The number of rotatable bonds is 7. The van der Waals surface area contributed by atoms with E-state index in [2.05, 4.69) is 14.7 Å². The topological polar surface area (TPSA) is 80.3 Å². The quantitative estimate of drug-likeness (QED) is 0.617. The molecule has 0 radical (unpaired) electrons. The number of nitrogens with one attached hydrogen (secondary N) is 1. The van der Waals surface area contributed by atoms with Gasteiger partial charge in [0.25, 0.3) is 0 Å². The Kier molecular flexibility index (Phi) is 5.22. The molecule has 3 rings (SSSR count). The van der Waals surface area contributed by atoms with Gasteiger partial charge in [-0.1, -0.05) is 12.1 Å². The van der Waals surface area contributed by atoms with Crippen molar-refractivity contribution >= 4 is 16.9 Å². The van der Waals surface area contributed by atoms with Crippen LogP contribution in [0, 0.1) is 0 Å². The van der Waals surface area contributed by atoms with Crippen LogP contribution in [-0.4, -0.2) is 33.3 Å². The molecule has 1 aromatic carbocycles. The zero-order valence-electron chi connectivity index (χ0n) is 14.2. The molecule has 0 spiro atoms. The highest BCUT2D eigenvalue weighted by molar-refractivity contribution is 5.77. The maximum atomic E-state index is 13.3. The molecule has 0 aliphatic rings. The molecule has 27 heavy (non-hydrogen) atoms. The van der Waals surface area contributed by atoms with E-state index in [1.807, 2.05) is 28.8 Å². The highest BCUT2D eigenvalue weighted by Crippen LogP contribution is 2.41. The number of nitrogens with zero attached hydrogens (tertiary/aromatic N) is 2. The number of aromatic nitrogens is 2. The van der Waals surface area contributed by atoms with Gasteiger partial charge in [0.05, 0.1) is 30.0 Å². The number of aryl methyl sites for hydroxylation is 1. The first-order valence-electron chi connectivity index (χ1n) is 8.31. The summed E-state index contributed by atoms with van der Waals surface area (Å²) in [6, 6.07) is 9.76. The minimum atomic E-state index is -5.04. The van der Waals surface area contributed by atoms with Gasteiger partial charge in [-0.25, -0.2) is 4.98 Å². The number of furan rings is 1. The van der Waals surface area contributed by atoms with E-state index in [0.29, 0.717) is 13.0 Å². The molecule has 0 saturated heterocycles. The number of imidazole rings is 1. The first-order chi connectivity index (χ1) is 12.8. The van der Waals surface area contributed by atoms with Gasteiger partial charge < -0.3 is 19.4 Å². The largest absolute Gasteiger partial charge is 0.466 e. The molecule has 0 bridgehead atoms. The molecule has 6 nitrogen and oxygen atoms in total. The number of fused-ring (bicyclic) bond motifs is 1. The number of hydrogen-bond donors (Lipinski definition) is 2. The molecule has 1 atom stereocenters. The maximum absolute atomic E-state index is 13.3. The molecule has 9 heteroatoms. The third-order valence-corrected chi connectivity index (χ3v) is 4.24. The number of benzene rings is 1. The van der Waals surface area contributed by atoms with Gasteiger partial charge in [-0.15, -0.1) is 0 Å². The van der Waals surface area contributed by atoms with E-state index in [1.165, 1.54) is 6.07 Å². The van der Waals surface area contributed by atoms with Crippen LogP contribution in [0.5, 0.6) is 0 Å². The van der Waals surface area contributed by atoms with E-state index in [0.717, 1.165) is 23.4 Å². The van der Waals surface area contributed by atoms with Gasteiger partial charge in [0.15, 0.2) is 0 Å². The minimum Gasteiger partial charge on any atom is -0.466 e. The third-order valence-electron chi connectivity index (χ3n) is 4.24. The van der Waals surface area contributed by atoms with Crippen molar-refractivity contribution in [2.45, 2.75) is 31.2 Å². The fourth-order valence-corrected chi connectivity index (χ4v) is 2.80. The molecule has 0 fully saturated rings. The van der Waals surface area contributed by atoms with Crippen molar-refractivity contribution in [1.82, 2.24) is 14.9 Å². The zero-order chi connectivity index (χ0) is 19.5. The summed E-state index contributed by atoms with van der Waals surface area (Å²) in [6.45, 7) is 0.708. The van der Waals surface area contributed by atoms with Gasteiger partial charge in [0.2, 0.25) is 11.5 Å². The zero-order valence-corrected chi connectivity index (χ0v) is 14.2. The van der Waals surface area contributed by atoms with Gasteiger partial charge in [0.1, 0.15) is 5.76 Å². The molecule has 1 amide bonds. The van der Waals surface area contributed by atoms with Crippen molar-refractivity contribution in [2.75, 3.05) is 6.54 Å². The second-order valence-corrected chi connectivity index (χ2v) is 6.14. The van der Waals surface area contributed by atoms with Crippen LogP contribution in [0.15, 0.2) is 53.4 Å². The lowest BCUT2D eigenvalue weighted by atomic mass is 9.95. The van der Waals surface area contributed by atoms with Crippen molar-refractivity contribution in [1.29, 1.82) is 0 Å². The Labute approximate surface area is 152 Å². The van der Waals surface area contributed by atoms with E-state index in [4.69, 9.17) is 0 Å². The van der Waals surface area contributed by atoms with Crippen LogP contribution in [0.25, 0.3) is 11.0 Å². The number of alkyl halides is 3. The van der Waals surface area contributed by atoms with Gasteiger partial charge in [-0.3, -0.25) is 4.79 Å². The summed E-state index contributed by atoms with van der Waals surface area (Å²) in [5.74, 6) is -1.63. The number of aliphatic hydroxyl groups is 1. The van der Waals surface area contributed by atoms with Gasteiger partial charge in [-0.05, 0) is 30.7 Å². The molecule has 0 aliphatic heterocycles. The second-order valence-electron chi connectivity index (χ2n) is 6.14. The molecule has 0 aliphatic carbocycles. The molecular formula is C18H18F3N3O3. The van der Waals surface area contributed by atoms with Crippen molar-refractivity contribution < 1.29 is 27.5 Å². The normalized spacial score (nSPS) is 14.2. The Morgan fingerprint density at radius 2 is 2.00 bits per heavy atom. The Bertz CT molecular complexity index is 905. The average Bonchev–Trinajstić information content (AvgIpc) is 3.28. The minimum absolute atomic E-state index is 0.164. The summed E-state index contributed by atoms with van der Waals surface area (Å²) < 4.78 is 46.3. The molecule has 144 valence electrons. The first-order valence-corrected chi connectivity index (χ1v) is 8.31. The summed E-state index contributed by atoms with van der Waals surface area (Å²) in [5.41, 5.74) is -1.58. The molecule has 3 aromatic rings. The number of halogens is 3. The molecule has 2 heterocycles. The van der Waals surface area contributed by atoms with Crippen molar-refractivity contribution in [2.24, 2.45) is 0 Å². The summed E-state index contributed by atoms with van der Waals surface area (Å²) in [4.78, 5) is 16.2. The van der Waals surface area contributed by atoms with Crippen molar-refractivity contribution in [3.05, 3.63) is 54.7 Å². The second kappa shape index (κ2) is 7.43. The Morgan fingerprint density at radius 3 is 2.70 bits per heavy atom. The van der Waals surface area contributed by atoms with E-state index in [9.17, 15) is 23.1 Å². The van der Waals surface area contributed by atoms with Gasteiger partial charge >= 0.3 is 6.18 Å². The third kappa shape index (κ3) is 3.97. The molecule has 0 saturated carbocycles. The van der Waals surface area contributed by atoms with Crippen LogP contribution in [0.2, 0.25) is 0 Å². The smallest absolute Gasteiger partial charge is 0.425 e. The van der Waals surface area contributed by atoms with E-state index < -0.39 is 29.9 Å². The summed E-state index contributed by atoms with van der Waals surface area (Å²) in [6.07, 6.45) is -3.03. The average molecular weight is 381 g/mol. The monoisotopic (exact) mass is 381 g/mol.